The summed E-state index contributed by atoms with van der Waals surface area (Å²) >= 11 is 6.60. The Hall–Kier alpha value is -3.13. The first kappa shape index (κ1) is 19.8. The van der Waals surface area contributed by atoms with Crippen LogP contribution < -0.4 is 4.74 Å². The van der Waals surface area contributed by atoms with E-state index in [-0.39, 0.29) is 17.2 Å². The van der Waals surface area contributed by atoms with Crippen LogP contribution in [0.4, 0.5) is 0 Å². The van der Waals surface area contributed by atoms with E-state index in [1.54, 1.807) is 23.1 Å². The van der Waals surface area contributed by atoms with Gasteiger partial charge in [-0.2, -0.15) is 5.21 Å². The van der Waals surface area contributed by atoms with E-state index in [2.05, 4.69) is 20.6 Å². The van der Waals surface area contributed by atoms with Gasteiger partial charge in [-0.3, -0.25) is 4.79 Å². The summed E-state index contributed by atoms with van der Waals surface area (Å²) in [7, 11) is 0. The second-order valence-corrected chi connectivity index (χ2v) is 8.32. The number of phenolic OH excluding ortho intramolecular Hbond substituents is 1. The molecule has 0 saturated carbocycles. The summed E-state index contributed by atoms with van der Waals surface area (Å²) in [5.74, 6) is 1.31. The van der Waals surface area contributed by atoms with Gasteiger partial charge in [-0.25, -0.2) is 0 Å². The number of aromatic hydroxyl groups is 1. The minimum Gasteiger partial charge on any atom is -0.507 e. The second-order valence-electron chi connectivity index (χ2n) is 7.92. The maximum Gasteiger partial charge on any atom is 0.257 e. The molecule has 0 radical (unpaired) electrons. The summed E-state index contributed by atoms with van der Waals surface area (Å²) in [6.45, 7) is 1.42. The third kappa shape index (κ3) is 3.72. The minimum absolute atomic E-state index is 0.0493. The highest BCUT2D eigenvalue weighted by Gasteiger charge is 2.26. The number of hydrogen-bond acceptors (Lipinski definition) is 6. The van der Waals surface area contributed by atoms with E-state index >= 15 is 0 Å². The molecule has 2 heterocycles. The molecule has 9 heteroatoms. The van der Waals surface area contributed by atoms with E-state index in [0.717, 1.165) is 55.2 Å². The lowest BCUT2D eigenvalue weighted by Gasteiger charge is -2.27. The molecule has 5 rings (SSSR count). The van der Waals surface area contributed by atoms with Gasteiger partial charge in [-0.15, -0.1) is 10.2 Å². The zero-order valence-corrected chi connectivity index (χ0v) is 17.7. The summed E-state index contributed by atoms with van der Waals surface area (Å²) in [5.41, 5.74) is 3.22. The molecule has 1 amide bonds. The molecule has 8 nitrogen and oxygen atoms in total. The third-order valence-corrected chi connectivity index (χ3v) is 6.23. The number of fused-ring (bicyclic) bond motifs is 1. The number of nitrogens with one attached hydrogen (secondary N) is 1. The number of aromatic amines is 1. The van der Waals surface area contributed by atoms with E-state index in [0.29, 0.717) is 35.4 Å². The van der Waals surface area contributed by atoms with Gasteiger partial charge >= 0.3 is 0 Å². The normalized spacial score (nSPS) is 15.7. The molecule has 1 saturated heterocycles. The first-order valence-corrected chi connectivity index (χ1v) is 10.9. The van der Waals surface area contributed by atoms with Crippen LogP contribution in [-0.2, 0) is 12.8 Å². The molecule has 1 aromatic heterocycles. The Balaban J connectivity index is 1.48. The Bertz CT molecular complexity index is 1130. The van der Waals surface area contributed by atoms with Crippen LogP contribution in [0, 0.1) is 0 Å². The Morgan fingerprint density at radius 1 is 1.10 bits per heavy atom. The van der Waals surface area contributed by atoms with E-state index < -0.39 is 0 Å². The quantitative estimate of drug-likeness (QED) is 0.633. The molecule has 1 aliphatic heterocycles. The smallest absolute Gasteiger partial charge is 0.257 e. The standard InChI is InChI=1S/C22H22ClN5O3/c23-18-12-16(21-24-26-27-25-21)14-5-4-6-15(14)20(18)31-13-7-8-19(29)17(11-13)22(30)28-9-2-1-3-10-28/h7-8,11-12,29H,1-6,9-10H2,(H,24,25,26,27). The number of rotatable bonds is 4. The van der Waals surface area contributed by atoms with Crippen molar-refractivity contribution >= 4 is 17.5 Å². The van der Waals surface area contributed by atoms with Crippen molar-refractivity contribution in [3.05, 3.63) is 46.0 Å². The third-order valence-electron chi connectivity index (χ3n) is 5.95. The van der Waals surface area contributed by atoms with Crippen LogP contribution in [0.2, 0.25) is 5.02 Å². The number of carbonyl (C=O) groups excluding carboxylic acids is 1. The highest BCUT2D eigenvalue weighted by molar-refractivity contribution is 6.32. The van der Waals surface area contributed by atoms with Gasteiger partial charge in [-0.05, 0) is 73.6 Å². The largest absolute Gasteiger partial charge is 0.507 e. The van der Waals surface area contributed by atoms with Crippen LogP contribution in [0.5, 0.6) is 17.2 Å². The van der Waals surface area contributed by atoms with Crippen LogP contribution in [0.1, 0.15) is 47.2 Å². The van der Waals surface area contributed by atoms with Gasteiger partial charge in [-0.1, -0.05) is 11.6 Å². The maximum absolute atomic E-state index is 12.9. The Morgan fingerprint density at radius 2 is 1.90 bits per heavy atom. The van der Waals surface area contributed by atoms with E-state index in [1.807, 2.05) is 0 Å². The van der Waals surface area contributed by atoms with Gasteiger partial charge in [0.2, 0.25) is 5.82 Å². The average Bonchev–Trinajstić information content (AvgIpc) is 3.49. The number of likely N-dealkylation sites (tertiary alicyclic amines) is 1. The maximum atomic E-state index is 12.9. The molecule has 0 bridgehead atoms. The molecule has 1 aliphatic carbocycles. The second kappa shape index (κ2) is 8.19. The fourth-order valence-corrected chi connectivity index (χ4v) is 4.70. The average molecular weight is 440 g/mol. The van der Waals surface area contributed by atoms with Crippen molar-refractivity contribution in [2.75, 3.05) is 13.1 Å². The molecule has 0 atom stereocenters. The fraction of sp³-hybridized carbons (Fsp3) is 0.364. The number of aromatic nitrogens is 4. The number of nitrogens with zero attached hydrogens (tertiary/aromatic N) is 4. The molecule has 160 valence electrons. The number of H-pyrrole nitrogens is 1. The SMILES string of the molecule is O=C(c1cc(Oc2c(Cl)cc(-c3nn[nH]n3)c3c2CCC3)ccc1O)N1CCCCC1. The molecular formula is C22H22ClN5O3. The predicted octanol–water partition coefficient (Wildman–Crippen LogP) is 4.13. The highest BCUT2D eigenvalue weighted by Crippen LogP contribution is 2.44. The lowest BCUT2D eigenvalue weighted by atomic mass is 10.0. The molecule has 0 unspecified atom stereocenters. The number of amides is 1. The van der Waals surface area contributed by atoms with Crippen molar-refractivity contribution in [1.29, 1.82) is 0 Å². The summed E-state index contributed by atoms with van der Waals surface area (Å²) < 4.78 is 6.18. The number of hydrogen-bond donors (Lipinski definition) is 2. The Kier molecular flexibility index (Phi) is 5.23. The number of benzene rings is 2. The summed E-state index contributed by atoms with van der Waals surface area (Å²) in [6, 6.07) is 6.53. The first-order chi connectivity index (χ1) is 15.1. The summed E-state index contributed by atoms with van der Waals surface area (Å²) in [5, 5.41) is 25.0. The summed E-state index contributed by atoms with van der Waals surface area (Å²) in [6.07, 6.45) is 5.77. The molecule has 1 fully saturated rings. The monoisotopic (exact) mass is 439 g/mol. The molecule has 3 aromatic rings. The predicted molar refractivity (Wildman–Crippen MR) is 115 cm³/mol. The molecule has 2 aliphatic rings. The number of tetrazole rings is 1. The van der Waals surface area contributed by atoms with Crippen molar-refractivity contribution < 1.29 is 14.6 Å². The van der Waals surface area contributed by atoms with E-state index in [4.69, 9.17) is 16.3 Å². The van der Waals surface area contributed by atoms with Crippen LogP contribution in [0.25, 0.3) is 11.4 Å². The highest BCUT2D eigenvalue weighted by atomic mass is 35.5. The van der Waals surface area contributed by atoms with Gasteiger partial charge in [0.05, 0.1) is 10.6 Å². The van der Waals surface area contributed by atoms with Crippen molar-refractivity contribution in [2.24, 2.45) is 0 Å². The minimum atomic E-state index is -0.175. The van der Waals surface area contributed by atoms with Crippen molar-refractivity contribution in [2.45, 2.75) is 38.5 Å². The topological polar surface area (TPSA) is 104 Å². The zero-order valence-electron chi connectivity index (χ0n) is 16.9. The number of ether oxygens (including phenoxy) is 1. The lowest BCUT2D eigenvalue weighted by molar-refractivity contribution is 0.0721. The van der Waals surface area contributed by atoms with Crippen molar-refractivity contribution in [3.8, 4) is 28.6 Å². The summed E-state index contributed by atoms with van der Waals surface area (Å²) in [4.78, 5) is 14.7. The van der Waals surface area contributed by atoms with Gasteiger partial charge in [0.25, 0.3) is 5.91 Å². The lowest BCUT2D eigenvalue weighted by Crippen LogP contribution is -2.35. The number of carbonyl (C=O) groups is 1. The Morgan fingerprint density at radius 3 is 2.68 bits per heavy atom. The fourth-order valence-electron chi connectivity index (χ4n) is 4.44. The zero-order chi connectivity index (χ0) is 21.4. The molecule has 0 spiro atoms. The van der Waals surface area contributed by atoms with Crippen LogP contribution in [-0.4, -0.2) is 49.6 Å². The molecular weight excluding hydrogens is 418 g/mol. The van der Waals surface area contributed by atoms with Gasteiger partial charge < -0.3 is 14.7 Å². The number of phenols is 1. The van der Waals surface area contributed by atoms with Crippen LogP contribution in [0.3, 0.4) is 0 Å². The molecule has 31 heavy (non-hydrogen) atoms. The first-order valence-electron chi connectivity index (χ1n) is 10.5. The van der Waals surface area contributed by atoms with Gasteiger partial charge in [0, 0.05) is 24.2 Å². The van der Waals surface area contributed by atoms with E-state index in [1.165, 1.54) is 6.07 Å². The Labute approximate surface area is 184 Å². The molecule has 2 aromatic carbocycles. The number of piperidine rings is 1. The van der Waals surface area contributed by atoms with Crippen LogP contribution >= 0.6 is 11.6 Å². The van der Waals surface area contributed by atoms with Crippen molar-refractivity contribution in [3.63, 3.8) is 0 Å². The number of halogens is 1. The molecule has 2 N–H and O–H groups in total. The van der Waals surface area contributed by atoms with Crippen LogP contribution in [0.15, 0.2) is 24.3 Å². The van der Waals surface area contributed by atoms with Gasteiger partial charge in [0.15, 0.2) is 0 Å². The van der Waals surface area contributed by atoms with E-state index in [9.17, 15) is 9.90 Å². The van der Waals surface area contributed by atoms with Crippen molar-refractivity contribution in [1.82, 2.24) is 25.5 Å². The van der Waals surface area contributed by atoms with Gasteiger partial charge in [0.1, 0.15) is 17.2 Å².